The molecule has 1 fully saturated rings. The van der Waals surface area contributed by atoms with Crippen LogP contribution < -0.4 is 14.8 Å². The zero-order valence-corrected chi connectivity index (χ0v) is 13.1. The van der Waals surface area contributed by atoms with Crippen LogP contribution in [0.25, 0.3) is 0 Å². The van der Waals surface area contributed by atoms with Crippen LogP contribution in [0.3, 0.4) is 0 Å². The second-order valence-corrected chi connectivity index (χ2v) is 6.32. The van der Waals surface area contributed by atoms with Crippen LogP contribution >= 0.6 is 0 Å². The number of piperidine rings is 1. The summed E-state index contributed by atoms with van der Waals surface area (Å²) < 4.78 is 11.5. The van der Waals surface area contributed by atoms with Gasteiger partial charge in [0.15, 0.2) is 11.5 Å². The second kappa shape index (κ2) is 7.17. The molecule has 21 heavy (non-hydrogen) atoms. The Balaban J connectivity index is 1.56. The van der Waals surface area contributed by atoms with Crippen molar-refractivity contribution >= 4 is 0 Å². The molecule has 0 aliphatic carbocycles. The van der Waals surface area contributed by atoms with Crippen molar-refractivity contribution in [3.8, 4) is 11.5 Å². The summed E-state index contributed by atoms with van der Waals surface area (Å²) in [5.74, 6) is 2.74. The molecule has 2 atom stereocenters. The van der Waals surface area contributed by atoms with Crippen LogP contribution in [0.2, 0.25) is 0 Å². The van der Waals surface area contributed by atoms with Gasteiger partial charge in [-0.05, 0) is 55.8 Å². The molecule has 2 aliphatic rings. The van der Waals surface area contributed by atoms with Crippen molar-refractivity contribution in [2.45, 2.75) is 51.5 Å². The minimum Gasteiger partial charge on any atom is -0.490 e. The van der Waals surface area contributed by atoms with Crippen LogP contribution in [0, 0.1) is 5.92 Å². The maximum absolute atomic E-state index is 5.77. The van der Waals surface area contributed by atoms with Gasteiger partial charge in [0.2, 0.25) is 0 Å². The summed E-state index contributed by atoms with van der Waals surface area (Å²) in [4.78, 5) is 0. The van der Waals surface area contributed by atoms with Gasteiger partial charge in [-0.15, -0.1) is 0 Å². The largest absolute Gasteiger partial charge is 0.490 e. The number of benzene rings is 1. The van der Waals surface area contributed by atoms with E-state index in [4.69, 9.17) is 9.47 Å². The van der Waals surface area contributed by atoms with Crippen LogP contribution in [0.15, 0.2) is 18.2 Å². The van der Waals surface area contributed by atoms with Crippen molar-refractivity contribution in [1.82, 2.24) is 5.32 Å². The Morgan fingerprint density at radius 2 is 2.05 bits per heavy atom. The summed E-state index contributed by atoms with van der Waals surface area (Å²) in [6.45, 7) is 5.02. The highest BCUT2D eigenvalue weighted by Gasteiger charge is 2.20. The lowest BCUT2D eigenvalue weighted by Gasteiger charge is -2.29. The van der Waals surface area contributed by atoms with Crippen molar-refractivity contribution in [2.24, 2.45) is 5.92 Å². The van der Waals surface area contributed by atoms with Crippen molar-refractivity contribution in [1.29, 1.82) is 0 Å². The van der Waals surface area contributed by atoms with Gasteiger partial charge in [-0.3, -0.25) is 0 Å². The van der Waals surface area contributed by atoms with E-state index < -0.39 is 0 Å². The second-order valence-electron chi connectivity index (χ2n) is 6.32. The molecule has 0 spiro atoms. The highest BCUT2D eigenvalue weighted by Crippen LogP contribution is 2.31. The highest BCUT2D eigenvalue weighted by atomic mass is 16.5. The summed E-state index contributed by atoms with van der Waals surface area (Å²) in [7, 11) is 0. The van der Waals surface area contributed by atoms with Crippen LogP contribution in [-0.2, 0) is 6.42 Å². The number of aryl methyl sites for hydroxylation is 1. The molecule has 2 aliphatic heterocycles. The quantitative estimate of drug-likeness (QED) is 0.919. The van der Waals surface area contributed by atoms with Crippen LogP contribution in [0.1, 0.15) is 44.6 Å². The van der Waals surface area contributed by atoms with Gasteiger partial charge in [0.1, 0.15) is 0 Å². The standard InChI is InChI=1S/C18H27NO2/c1-2-14-8-9-19-16(12-14)6-4-15-5-7-17-18(13-15)21-11-3-10-20-17/h5,7,13-14,16,19H,2-4,6,8-12H2,1H3. The van der Waals surface area contributed by atoms with E-state index in [0.717, 1.165) is 43.5 Å². The number of hydrogen-bond donors (Lipinski definition) is 1. The van der Waals surface area contributed by atoms with Crippen molar-refractivity contribution < 1.29 is 9.47 Å². The molecule has 1 aromatic rings. The SMILES string of the molecule is CCC1CCNC(CCc2ccc3c(c2)OCCCO3)C1. The summed E-state index contributed by atoms with van der Waals surface area (Å²) in [5, 5.41) is 3.67. The molecule has 116 valence electrons. The Hall–Kier alpha value is -1.22. The Bertz CT molecular complexity index is 461. The lowest BCUT2D eigenvalue weighted by molar-refractivity contribution is 0.285. The van der Waals surface area contributed by atoms with Crippen LogP contribution in [-0.4, -0.2) is 25.8 Å². The number of ether oxygens (including phenoxy) is 2. The molecule has 0 bridgehead atoms. The fourth-order valence-electron chi connectivity index (χ4n) is 3.39. The molecule has 0 saturated carbocycles. The zero-order valence-electron chi connectivity index (χ0n) is 13.1. The van der Waals surface area contributed by atoms with E-state index in [1.54, 1.807) is 0 Å². The topological polar surface area (TPSA) is 30.5 Å². The van der Waals surface area contributed by atoms with Gasteiger partial charge in [-0.1, -0.05) is 19.4 Å². The molecule has 0 aromatic heterocycles. The molecule has 3 rings (SSSR count). The molecule has 3 nitrogen and oxygen atoms in total. The molecule has 0 radical (unpaired) electrons. The molecule has 1 N–H and O–H groups in total. The molecule has 2 unspecified atom stereocenters. The maximum Gasteiger partial charge on any atom is 0.161 e. The third-order valence-electron chi connectivity index (χ3n) is 4.77. The van der Waals surface area contributed by atoms with E-state index in [9.17, 15) is 0 Å². The number of hydrogen-bond acceptors (Lipinski definition) is 3. The molecule has 3 heteroatoms. The minimum absolute atomic E-state index is 0.680. The average Bonchev–Trinajstić information content (AvgIpc) is 2.78. The molecular formula is C18H27NO2. The molecule has 1 aromatic carbocycles. The van der Waals surface area contributed by atoms with Crippen molar-refractivity contribution in [2.75, 3.05) is 19.8 Å². The first-order valence-electron chi connectivity index (χ1n) is 8.47. The summed E-state index contributed by atoms with van der Waals surface area (Å²) in [5.41, 5.74) is 1.36. The predicted molar refractivity (Wildman–Crippen MR) is 85.2 cm³/mol. The van der Waals surface area contributed by atoms with Gasteiger partial charge >= 0.3 is 0 Å². The molecule has 1 saturated heterocycles. The lowest BCUT2D eigenvalue weighted by Crippen LogP contribution is -2.38. The van der Waals surface area contributed by atoms with Gasteiger partial charge in [0.25, 0.3) is 0 Å². The Kier molecular flexibility index (Phi) is 5.02. The summed E-state index contributed by atoms with van der Waals surface area (Å²) in [6.07, 6.45) is 7.30. The number of nitrogens with one attached hydrogen (secondary N) is 1. The zero-order chi connectivity index (χ0) is 14.5. The van der Waals surface area contributed by atoms with Gasteiger partial charge in [-0.25, -0.2) is 0 Å². The van der Waals surface area contributed by atoms with E-state index in [1.807, 2.05) is 0 Å². The van der Waals surface area contributed by atoms with Gasteiger partial charge in [0, 0.05) is 12.5 Å². The average molecular weight is 289 g/mol. The molecule has 2 heterocycles. The van der Waals surface area contributed by atoms with Gasteiger partial charge < -0.3 is 14.8 Å². The number of rotatable bonds is 4. The fraction of sp³-hybridized carbons (Fsp3) is 0.667. The first kappa shape index (κ1) is 14.7. The summed E-state index contributed by atoms with van der Waals surface area (Å²) >= 11 is 0. The van der Waals surface area contributed by atoms with Crippen LogP contribution in [0.5, 0.6) is 11.5 Å². The summed E-state index contributed by atoms with van der Waals surface area (Å²) in [6, 6.07) is 7.10. The first-order chi connectivity index (χ1) is 10.3. The normalized spacial score (nSPS) is 25.4. The third-order valence-corrected chi connectivity index (χ3v) is 4.77. The van der Waals surface area contributed by atoms with E-state index in [1.165, 1.54) is 37.8 Å². The fourth-order valence-corrected chi connectivity index (χ4v) is 3.39. The number of fused-ring (bicyclic) bond motifs is 1. The first-order valence-corrected chi connectivity index (χ1v) is 8.47. The monoisotopic (exact) mass is 289 g/mol. The van der Waals surface area contributed by atoms with E-state index in [0.29, 0.717) is 6.04 Å². The predicted octanol–water partition coefficient (Wildman–Crippen LogP) is 3.56. The van der Waals surface area contributed by atoms with Gasteiger partial charge in [0.05, 0.1) is 13.2 Å². The van der Waals surface area contributed by atoms with E-state index in [-0.39, 0.29) is 0 Å². The minimum atomic E-state index is 0.680. The smallest absolute Gasteiger partial charge is 0.161 e. The maximum atomic E-state index is 5.77. The van der Waals surface area contributed by atoms with Crippen molar-refractivity contribution in [3.63, 3.8) is 0 Å². The lowest BCUT2D eigenvalue weighted by atomic mass is 9.88. The Labute approximate surface area is 128 Å². The Morgan fingerprint density at radius 3 is 2.90 bits per heavy atom. The van der Waals surface area contributed by atoms with Crippen LogP contribution in [0.4, 0.5) is 0 Å². The molecule has 0 amide bonds. The van der Waals surface area contributed by atoms with E-state index in [2.05, 4.69) is 30.4 Å². The van der Waals surface area contributed by atoms with Gasteiger partial charge in [-0.2, -0.15) is 0 Å². The third kappa shape index (κ3) is 3.91. The van der Waals surface area contributed by atoms with Crippen molar-refractivity contribution in [3.05, 3.63) is 23.8 Å². The highest BCUT2D eigenvalue weighted by molar-refractivity contribution is 5.43. The Morgan fingerprint density at radius 1 is 1.19 bits per heavy atom. The van der Waals surface area contributed by atoms with E-state index >= 15 is 0 Å². The molecular weight excluding hydrogens is 262 g/mol.